The van der Waals surface area contributed by atoms with Gasteiger partial charge in [0.15, 0.2) is 0 Å². The molecule has 120 valence electrons. The van der Waals surface area contributed by atoms with Crippen LogP contribution in [-0.4, -0.2) is 21.6 Å². The molecule has 1 aromatic heterocycles. The number of hydrogen-bond donors (Lipinski definition) is 0. The molecule has 0 amide bonds. The third kappa shape index (κ3) is 3.52. The predicted octanol–water partition coefficient (Wildman–Crippen LogP) is 4.08. The Kier molecular flexibility index (Phi) is 4.60. The van der Waals surface area contributed by atoms with Crippen molar-refractivity contribution in [1.29, 1.82) is 0 Å². The molecule has 0 N–H and O–H groups in total. The summed E-state index contributed by atoms with van der Waals surface area (Å²) in [7, 11) is 0. The van der Waals surface area contributed by atoms with Crippen LogP contribution in [0.15, 0.2) is 36.4 Å². The lowest BCUT2D eigenvalue weighted by atomic mass is 10.1. The van der Waals surface area contributed by atoms with Crippen molar-refractivity contribution in [2.75, 3.05) is 6.61 Å². The van der Waals surface area contributed by atoms with Gasteiger partial charge in [-0.15, -0.1) is 5.10 Å². The normalized spacial score (nSPS) is 11.1. The van der Waals surface area contributed by atoms with Crippen molar-refractivity contribution in [2.24, 2.45) is 0 Å². The van der Waals surface area contributed by atoms with E-state index < -0.39 is 0 Å². The third-order valence-electron chi connectivity index (χ3n) is 4.24. The zero-order valence-corrected chi connectivity index (χ0v) is 14.0. The molecule has 1 heterocycles. The summed E-state index contributed by atoms with van der Waals surface area (Å²) < 4.78 is 7.76. The Morgan fingerprint density at radius 1 is 1.04 bits per heavy atom. The van der Waals surface area contributed by atoms with E-state index in [9.17, 15) is 0 Å². The molecular weight excluding hydrogens is 286 g/mol. The lowest BCUT2D eigenvalue weighted by Gasteiger charge is -2.07. The first kappa shape index (κ1) is 15.5. The zero-order valence-electron chi connectivity index (χ0n) is 14.0. The number of benzene rings is 2. The Hall–Kier alpha value is -2.36. The van der Waals surface area contributed by atoms with Gasteiger partial charge in [-0.1, -0.05) is 24.3 Å². The fraction of sp³-hybridized carbons (Fsp3) is 0.368. The molecule has 0 atom stereocenters. The minimum Gasteiger partial charge on any atom is -0.494 e. The summed E-state index contributed by atoms with van der Waals surface area (Å²) in [5, 5.41) is 8.50. The number of aromatic nitrogens is 3. The first-order valence-electron chi connectivity index (χ1n) is 8.19. The lowest BCUT2D eigenvalue weighted by molar-refractivity contribution is 0.299. The Bertz CT molecular complexity index is 790. The molecule has 3 aromatic rings. The average Bonchev–Trinajstić information content (AvgIpc) is 2.94. The van der Waals surface area contributed by atoms with Crippen LogP contribution >= 0.6 is 0 Å². The van der Waals surface area contributed by atoms with Crippen molar-refractivity contribution in [3.8, 4) is 5.75 Å². The second kappa shape index (κ2) is 6.82. The van der Waals surface area contributed by atoms with Gasteiger partial charge in [0.25, 0.3) is 0 Å². The van der Waals surface area contributed by atoms with Crippen molar-refractivity contribution in [2.45, 2.75) is 40.2 Å². The topological polar surface area (TPSA) is 39.9 Å². The Labute approximate surface area is 137 Å². The van der Waals surface area contributed by atoms with Gasteiger partial charge in [0.1, 0.15) is 11.3 Å². The van der Waals surface area contributed by atoms with Crippen molar-refractivity contribution >= 4 is 11.0 Å². The molecule has 0 aliphatic carbocycles. The lowest BCUT2D eigenvalue weighted by Crippen LogP contribution is -2.06. The van der Waals surface area contributed by atoms with Gasteiger partial charge < -0.3 is 4.74 Å². The Morgan fingerprint density at radius 2 is 1.78 bits per heavy atom. The van der Waals surface area contributed by atoms with Crippen molar-refractivity contribution < 1.29 is 4.74 Å². The highest BCUT2D eigenvalue weighted by Crippen LogP contribution is 2.17. The van der Waals surface area contributed by atoms with Gasteiger partial charge in [-0.05, 0) is 61.2 Å². The number of ether oxygens (including phenoxy) is 1. The first-order valence-corrected chi connectivity index (χ1v) is 8.19. The molecule has 4 heteroatoms. The predicted molar refractivity (Wildman–Crippen MR) is 92.9 cm³/mol. The van der Waals surface area contributed by atoms with E-state index >= 15 is 0 Å². The highest BCUT2D eigenvalue weighted by atomic mass is 16.5. The Morgan fingerprint density at radius 3 is 2.52 bits per heavy atom. The van der Waals surface area contributed by atoms with E-state index in [1.165, 1.54) is 16.7 Å². The Balaban J connectivity index is 1.57. The summed E-state index contributed by atoms with van der Waals surface area (Å²) in [4.78, 5) is 0. The van der Waals surface area contributed by atoms with Crippen LogP contribution in [0.3, 0.4) is 0 Å². The van der Waals surface area contributed by atoms with Crippen LogP contribution in [-0.2, 0) is 13.0 Å². The molecule has 0 fully saturated rings. The maximum Gasteiger partial charge on any atom is 0.119 e. The molecule has 3 rings (SSSR count). The van der Waals surface area contributed by atoms with Crippen molar-refractivity contribution in [1.82, 2.24) is 15.0 Å². The van der Waals surface area contributed by atoms with Crippen LogP contribution in [0.1, 0.15) is 30.0 Å². The standard InChI is InChI=1S/C19H23N3O/c1-4-16-6-8-17(9-7-16)23-11-5-10-22-19-13-15(3)14(2)12-18(19)20-21-22/h6-9,12-13H,4-5,10-11H2,1-3H3. The van der Waals surface area contributed by atoms with Crippen LogP contribution < -0.4 is 4.74 Å². The summed E-state index contributed by atoms with van der Waals surface area (Å²) in [6, 6.07) is 12.6. The molecule has 0 bridgehead atoms. The molecule has 2 aromatic carbocycles. The van der Waals surface area contributed by atoms with Crippen LogP contribution in [0.4, 0.5) is 0 Å². The first-order chi connectivity index (χ1) is 11.2. The minimum atomic E-state index is 0.678. The minimum absolute atomic E-state index is 0.678. The summed E-state index contributed by atoms with van der Waals surface area (Å²) in [5.74, 6) is 0.928. The molecule has 0 aliphatic heterocycles. The van der Waals surface area contributed by atoms with Gasteiger partial charge in [0.2, 0.25) is 0 Å². The van der Waals surface area contributed by atoms with Crippen LogP contribution in [0, 0.1) is 13.8 Å². The summed E-state index contributed by atoms with van der Waals surface area (Å²) in [5.41, 5.74) is 5.92. The van der Waals surface area contributed by atoms with E-state index in [-0.39, 0.29) is 0 Å². The van der Waals surface area contributed by atoms with E-state index in [0.29, 0.717) is 6.61 Å². The molecule has 4 nitrogen and oxygen atoms in total. The highest BCUT2D eigenvalue weighted by Gasteiger charge is 2.06. The smallest absolute Gasteiger partial charge is 0.119 e. The number of rotatable bonds is 6. The third-order valence-corrected chi connectivity index (χ3v) is 4.24. The number of hydrogen-bond acceptors (Lipinski definition) is 3. The summed E-state index contributed by atoms with van der Waals surface area (Å²) >= 11 is 0. The van der Waals surface area contributed by atoms with Gasteiger partial charge in [0, 0.05) is 13.0 Å². The van der Waals surface area contributed by atoms with Gasteiger partial charge in [0.05, 0.1) is 12.1 Å². The van der Waals surface area contributed by atoms with Crippen LogP contribution in [0.5, 0.6) is 5.75 Å². The second-order valence-corrected chi connectivity index (χ2v) is 5.94. The maximum atomic E-state index is 5.80. The molecule has 23 heavy (non-hydrogen) atoms. The maximum absolute atomic E-state index is 5.80. The number of fused-ring (bicyclic) bond motifs is 1. The van der Waals surface area contributed by atoms with E-state index in [4.69, 9.17) is 4.74 Å². The molecule has 0 unspecified atom stereocenters. The fourth-order valence-corrected chi connectivity index (χ4v) is 2.61. The fourth-order valence-electron chi connectivity index (χ4n) is 2.61. The van der Waals surface area contributed by atoms with E-state index in [1.54, 1.807) is 0 Å². The largest absolute Gasteiger partial charge is 0.494 e. The quantitative estimate of drug-likeness (QED) is 0.644. The van der Waals surface area contributed by atoms with E-state index in [1.807, 2.05) is 16.8 Å². The van der Waals surface area contributed by atoms with E-state index in [2.05, 4.69) is 55.3 Å². The summed E-state index contributed by atoms with van der Waals surface area (Å²) in [6.07, 6.45) is 1.96. The molecule has 0 saturated heterocycles. The second-order valence-electron chi connectivity index (χ2n) is 5.94. The van der Waals surface area contributed by atoms with Gasteiger partial charge in [-0.2, -0.15) is 0 Å². The molecule has 0 aliphatic rings. The molecular formula is C19H23N3O. The van der Waals surface area contributed by atoms with Crippen molar-refractivity contribution in [3.63, 3.8) is 0 Å². The van der Waals surface area contributed by atoms with Crippen LogP contribution in [0.25, 0.3) is 11.0 Å². The number of nitrogens with zero attached hydrogens (tertiary/aromatic N) is 3. The zero-order chi connectivity index (χ0) is 16.2. The van der Waals surface area contributed by atoms with Gasteiger partial charge in [-0.3, -0.25) is 0 Å². The molecule has 0 spiro atoms. The van der Waals surface area contributed by atoms with Gasteiger partial charge >= 0.3 is 0 Å². The molecule has 0 radical (unpaired) electrons. The van der Waals surface area contributed by atoms with E-state index in [0.717, 1.165) is 36.2 Å². The number of aryl methyl sites for hydroxylation is 4. The van der Waals surface area contributed by atoms with Crippen molar-refractivity contribution in [3.05, 3.63) is 53.1 Å². The average molecular weight is 309 g/mol. The summed E-state index contributed by atoms with van der Waals surface area (Å²) in [6.45, 7) is 7.87. The van der Waals surface area contributed by atoms with Gasteiger partial charge in [-0.25, -0.2) is 4.68 Å². The van der Waals surface area contributed by atoms with Crippen LogP contribution in [0.2, 0.25) is 0 Å². The SMILES string of the molecule is CCc1ccc(OCCCn2nnc3cc(C)c(C)cc32)cc1. The molecule has 0 saturated carbocycles. The highest BCUT2D eigenvalue weighted by molar-refractivity contribution is 5.76. The monoisotopic (exact) mass is 309 g/mol.